The van der Waals surface area contributed by atoms with E-state index in [1.54, 1.807) is 32.0 Å². The van der Waals surface area contributed by atoms with Gasteiger partial charge in [0.2, 0.25) is 5.78 Å². The van der Waals surface area contributed by atoms with Crippen LogP contribution in [0.15, 0.2) is 69.9 Å². The smallest absolute Gasteiger partial charge is 0.347 e. The van der Waals surface area contributed by atoms with Crippen molar-refractivity contribution in [2.24, 2.45) is 0 Å². The Morgan fingerprint density at radius 1 is 1.03 bits per heavy atom. The van der Waals surface area contributed by atoms with Crippen molar-refractivity contribution in [1.82, 2.24) is 0 Å². The van der Waals surface area contributed by atoms with Crippen molar-refractivity contribution in [2.75, 3.05) is 0 Å². The fraction of sp³-hybridized carbons (Fsp3) is 0.333. The van der Waals surface area contributed by atoms with Gasteiger partial charge in [-0.1, -0.05) is 48.5 Å². The number of carbonyl (C=O) groups excluding carboxylic acids is 1. The predicted octanol–water partition coefficient (Wildman–Crippen LogP) is 3.44. The molecule has 0 radical (unpaired) electrons. The summed E-state index contributed by atoms with van der Waals surface area (Å²) in [7, 11) is 0. The second kappa shape index (κ2) is 7.69. The van der Waals surface area contributed by atoms with Gasteiger partial charge in [0, 0.05) is 5.39 Å². The molecular formula is C24H22O7. The Labute approximate surface area is 178 Å². The SMILES string of the molecule is CC1(C)O[C@H]2O[C@H](C(=O)c3cc4ccccc4oc3=O)[C@@H](OCc3ccccc3)[C@H]2O1. The van der Waals surface area contributed by atoms with E-state index in [1.165, 1.54) is 6.07 Å². The van der Waals surface area contributed by atoms with Gasteiger partial charge in [0.15, 0.2) is 18.2 Å². The van der Waals surface area contributed by atoms with E-state index in [4.69, 9.17) is 23.4 Å². The Bertz CT molecular complexity index is 1170. The Morgan fingerprint density at radius 2 is 1.77 bits per heavy atom. The molecule has 2 aliphatic rings. The van der Waals surface area contributed by atoms with Crippen molar-refractivity contribution in [3.05, 3.63) is 82.2 Å². The maximum atomic E-state index is 13.3. The Kier molecular flexibility index (Phi) is 4.98. The van der Waals surface area contributed by atoms with Gasteiger partial charge in [0.1, 0.15) is 23.4 Å². The van der Waals surface area contributed by atoms with E-state index in [0.717, 1.165) is 5.56 Å². The summed E-state index contributed by atoms with van der Waals surface area (Å²) in [5.74, 6) is -1.38. The minimum Gasteiger partial charge on any atom is -0.422 e. The zero-order valence-electron chi connectivity index (χ0n) is 17.1. The van der Waals surface area contributed by atoms with Gasteiger partial charge >= 0.3 is 5.63 Å². The van der Waals surface area contributed by atoms with E-state index in [2.05, 4.69) is 0 Å². The lowest BCUT2D eigenvalue weighted by molar-refractivity contribution is -0.212. The molecule has 0 N–H and O–H groups in total. The Morgan fingerprint density at radius 3 is 2.58 bits per heavy atom. The third-order valence-corrected chi connectivity index (χ3v) is 5.44. The van der Waals surface area contributed by atoms with Gasteiger partial charge < -0.3 is 23.4 Å². The highest BCUT2D eigenvalue weighted by molar-refractivity contribution is 6.01. The van der Waals surface area contributed by atoms with Crippen molar-refractivity contribution in [3.63, 3.8) is 0 Å². The number of ketones is 1. The van der Waals surface area contributed by atoms with Crippen LogP contribution in [0.5, 0.6) is 0 Å². The average Bonchev–Trinajstić information content (AvgIpc) is 3.23. The lowest BCUT2D eigenvalue weighted by atomic mass is 10.0. The third-order valence-electron chi connectivity index (χ3n) is 5.44. The zero-order chi connectivity index (χ0) is 21.6. The summed E-state index contributed by atoms with van der Waals surface area (Å²) < 4.78 is 29.1. The molecule has 3 aromatic rings. The molecule has 2 fully saturated rings. The monoisotopic (exact) mass is 422 g/mol. The van der Waals surface area contributed by atoms with Crippen LogP contribution in [0.4, 0.5) is 0 Å². The van der Waals surface area contributed by atoms with Crippen molar-refractivity contribution in [1.29, 1.82) is 0 Å². The molecule has 0 saturated carbocycles. The quantitative estimate of drug-likeness (QED) is 0.460. The molecule has 0 aliphatic carbocycles. The molecule has 160 valence electrons. The minimum atomic E-state index is -1.06. The Hall–Kier alpha value is -2.84. The highest BCUT2D eigenvalue weighted by Crippen LogP contribution is 2.39. The summed E-state index contributed by atoms with van der Waals surface area (Å²) in [5.41, 5.74) is 0.559. The predicted molar refractivity (Wildman–Crippen MR) is 111 cm³/mol. The molecule has 7 heteroatoms. The molecule has 0 unspecified atom stereocenters. The van der Waals surface area contributed by atoms with Crippen molar-refractivity contribution in [3.8, 4) is 0 Å². The molecule has 7 nitrogen and oxygen atoms in total. The Balaban J connectivity index is 1.45. The molecule has 0 spiro atoms. The van der Waals surface area contributed by atoms with E-state index >= 15 is 0 Å². The van der Waals surface area contributed by atoms with Crippen LogP contribution in [0.25, 0.3) is 11.0 Å². The van der Waals surface area contributed by atoms with Crippen LogP contribution < -0.4 is 5.63 Å². The highest BCUT2D eigenvalue weighted by atomic mass is 16.8. The third kappa shape index (κ3) is 3.81. The number of fused-ring (bicyclic) bond motifs is 2. The van der Waals surface area contributed by atoms with Crippen molar-refractivity contribution < 1.29 is 28.2 Å². The molecule has 0 bridgehead atoms. The first-order chi connectivity index (χ1) is 14.9. The first kappa shape index (κ1) is 20.1. The maximum Gasteiger partial charge on any atom is 0.347 e. The fourth-order valence-electron chi connectivity index (χ4n) is 4.03. The molecule has 5 rings (SSSR count). The van der Waals surface area contributed by atoms with Crippen LogP contribution in [0.2, 0.25) is 0 Å². The number of hydrogen-bond acceptors (Lipinski definition) is 7. The summed E-state index contributed by atoms with van der Waals surface area (Å²) in [6, 6.07) is 18.1. The van der Waals surface area contributed by atoms with Gasteiger partial charge in [0.25, 0.3) is 0 Å². The number of carbonyl (C=O) groups is 1. The molecule has 31 heavy (non-hydrogen) atoms. The molecule has 1 aromatic heterocycles. The number of hydrogen-bond donors (Lipinski definition) is 0. The first-order valence-corrected chi connectivity index (χ1v) is 10.1. The summed E-state index contributed by atoms with van der Waals surface area (Å²) in [5, 5.41) is 0.652. The van der Waals surface area contributed by atoms with E-state index in [0.29, 0.717) is 11.0 Å². The number of benzene rings is 2. The lowest BCUT2D eigenvalue weighted by Crippen LogP contribution is -2.41. The zero-order valence-corrected chi connectivity index (χ0v) is 17.1. The number of Topliss-reactive ketones (excluding diaryl/α,β-unsaturated/α-hetero) is 1. The van der Waals surface area contributed by atoms with Gasteiger partial charge in [0.05, 0.1) is 6.61 Å². The summed E-state index contributed by atoms with van der Waals surface area (Å²) in [6.45, 7) is 3.81. The number of ether oxygens (including phenoxy) is 4. The van der Waals surface area contributed by atoms with Crippen LogP contribution in [0.3, 0.4) is 0 Å². The molecular weight excluding hydrogens is 400 g/mol. The number of rotatable bonds is 5. The van der Waals surface area contributed by atoms with Gasteiger partial charge in [-0.05, 0) is 31.5 Å². The first-order valence-electron chi connectivity index (χ1n) is 10.1. The summed E-state index contributed by atoms with van der Waals surface area (Å²) >= 11 is 0. The largest absolute Gasteiger partial charge is 0.422 e. The molecule has 4 atom stereocenters. The van der Waals surface area contributed by atoms with Crippen molar-refractivity contribution in [2.45, 2.75) is 50.8 Å². The molecule has 2 saturated heterocycles. The van der Waals surface area contributed by atoms with Gasteiger partial charge in [-0.15, -0.1) is 0 Å². The normalized spacial score (nSPS) is 26.8. The van der Waals surface area contributed by atoms with E-state index < -0.39 is 41.8 Å². The van der Waals surface area contributed by atoms with E-state index in [9.17, 15) is 9.59 Å². The maximum absolute atomic E-state index is 13.3. The molecule has 3 heterocycles. The van der Waals surface area contributed by atoms with Crippen LogP contribution in [-0.4, -0.2) is 36.2 Å². The van der Waals surface area contributed by atoms with Crippen LogP contribution in [0.1, 0.15) is 29.8 Å². The summed E-state index contributed by atoms with van der Waals surface area (Å²) in [6.07, 6.45) is -3.17. The van der Waals surface area contributed by atoms with Gasteiger partial charge in [-0.3, -0.25) is 4.79 Å². The van der Waals surface area contributed by atoms with Crippen LogP contribution in [0, 0.1) is 0 Å². The second-order valence-electron chi connectivity index (χ2n) is 8.14. The van der Waals surface area contributed by atoms with Crippen molar-refractivity contribution >= 4 is 16.8 Å². The van der Waals surface area contributed by atoms with Crippen LogP contribution in [-0.2, 0) is 25.6 Å². The van der Waals surface area contributed by atoms with Gasteiger partial charge in [-0.2, -0.15) is 0 Å². The summed E-state index contributed by atoms with van der Waals surface area (Å²) in [4.78, 5) is 25.9. The van der Waals surface area contributed by atoms with E-state index in [1.807, 2.05) is 36.4 Å². The average molecular weight is 422 g/mol. The highest BCUT2D eigenvalue weighted by Gasteiger charge is 2.57. The second-order valence-corrected chi connectivity index (χ2v) is 8.14. The molecule has 0 amide bonds. The molecule has 2 aromatic carbocycles. The van der Waals surface area contributed by atoms with Gasteiger partial charge in [-0.25, -0.2) is 4.79 Å². The topological polar surface area (TPSA) is 84.2 Å². The molecule has 2 aliphatic heterocycles. The minimum absolute atomic E-state index is 0.0868. The van der Waals surface area contributed by atoms with E-state index in [-0.39, 0.29) is 12.2 Å². The standard InChI is InChI=1S/C24H22O7/c1-24(2)30-21-20(27-13-14-8-4-3-5-9-14)19(29-23(21)31-24)18(25)16-12-15-10-6-7-11-17(15)28-22(16)26/h3-12,19-21,23H,13H2,1-2H3/t19-,20-,21-,23-/m1/s1. The van der Waals surface area contributed by atoms with Crippen LogP contribution >= 0.6 is 0 Å². The lowest BCUT2D eigenvalue weighted by Gasteiger charge is -2.25. The number of para-hydroxylation sites is 1. The fourth-order valence-corrected chi connectivity index (χ4v) is 4.03.